The highest BCUT2D eigenvalue weighted by Gasteiger charge is 2.27. The van der Waals surface area contributed by atoms with Gasteiger partial charge in [0.05, 0.1) is 0 Å². The number of hydrogen-bond donors (Lipinski definition) is 1. The molecule has 2 unspecified atom stereocenters. The SMILES string of the molecule is Cc1ccc(C2CC(N)c3cc(Cl)ccc3O2)cc1Br. The first-order chi connectivity index (χ1) is 9.54. The van der Waals surface area contributed by atoms with E-state index < -0.39 is 0 Å². The number of benzene rings is 2. The largest absolute Gasteiger partial charge is 0.485 e. The number of nitrogens with two attached hydrogens (primary N) is 1. The fraction of sp³-hybridized carbons (Fsp3) is 0.250. The van der Waals surface area contributed by atoms with E-state index in [-0.39, 0.29) is 12.1 Å². The van der Waals surface area contributed by atoms with Crippen LogP contribution in [0.4, 0.5) is 0 Å². The molecule has 0 saturated carbocycles. The Labute approximate surface area is 132 Å². The van der Waals surface area contributed by atoms with Gasteiger partial charge in [-0.3, -0.25) is 0 Å². The minimum atomic E-state index is -0.0532. The first-order valence-electron chi connectivity index (χ1n) is 6.52. The highest BCUT2D eigenvalue weighted by Crippen LogP contribution is 2.41. The number of fused-ring (bicyclic) bond motifs is 1. The van der Waals surface area contributed by atoms with Crippen LogP contribution in [0, 0.1) is 6.92 Å². The maximum Gasteiger partial charge on any atom is 0.126 e. The Morgan fingerprint density at radius 3 is 2.80 bits per heavy atom. The molecule has 2 aromatic rings. The predicted octanol–water partition coefficient (Wildman–Crippen LogP) is 4.93. The lowest BCUT2D eigenvalue weighted by Gasteiger charge is -2.31. The van der Waals surface area contributed by atoms with Gasteiger partial charge in [0.2, 0.25) is 0 Å². The standard InChI is InChI=1S/C16H15BrClNO/c1-9-2-3-10(6-13(9)17)16-8-14(19)12-7-11(18)4-5-15(12)20-16/h2-7,14,16H,8,19H2,1H3. The molecule has 2 aromatic carbocycles. The fourth-order valence-corrected chi connectivity index (χ4v) is 3.07. The summed E-state index contributed by atoms with van der Waals surface area (Å²) in [6, 6.07) is 11.9. The molecule has 0 saturated heterocycles. The van der Waals surface area contributed by atoms with Crippen LogP contribution in [0.2, 0.25) is 5.02 Å². The van der Waals surface area contributed by atoms with E-state index in [0.717, 1.165) is 27.8 Å². The van der Waals surface area contributed by atoms with E-state index in [0.29, 0.717) is 5.02 Å². The molecule has 1 aliphatic heterocycles. The van der Waals surface area contributed by atoms with Gasteiger partial charge in [-0.15, -0.1) is 0 Å². The maximum atomic E-state index is 6.26. The molecule has 1 heterocycles. The molecular formula is C16H15BrClNO. The molecule has 0 radical (unpaired) electrons. The van der Waals surface area contributed by atoms with Crippen molar-refractivity contribution < 1.29 is 4.74 Å². The number of aryl methyl sites for hydroxylation is 1. The Kier molecular flexibility index (Phi) is 3.76. The molecule has 2 N–H and O–H groups in total. The van der Waals surface area contributed by atoms with Crippen LogP contribution in [0.15, 0.2) is 40.9 Å². The van der Waals surface area contributed by atoms with Gasteiger partial charge in [0.1, 0.15) is 11.9 Å². The maximum absolute atomic E-state index is 6.26. The third-order valence-electron chi connectivity index (χ3n) is 3.68. The molecule has 3 rings (SSSR count). The topological polar surface area (TPSA) is 35.2 Å². The quantitative estimate of drug-likeness (QED) is 0.789. The van der Waals surface area contributed by atoms with E-state index in [4.69, 9.17) is 22.1 Å². The molecule has 0 aliphatic carbocycles. The second-order valence-corrected chi connectivity index (χ2v) is 6.43. The Morgan fingerprint density at radius 2 is 2.05 bits per heavy atom. The van der Waals surface area contributed by atoms with Crippen LogP contribution in [-0.4, -0.2) is 0 Å². The van der Waals surface area contributed by atoms with E-state index in [2.05, 4.69) is 41.1 Å². The molecule has 104 valence electrons. The molecule has 1 aliphatic rings. The van der Waals surface area contributed by atoms with Crippen molar-refractivity contribution in [1.82, 2.24) is 0 Å². The van der Waals surface area contributed by atoms with Gasteiger partial charge in [-0.2, -0.15) is 0 Å². The zero-order valence-corrected chi connectivity index (χ0v) is 13.4. The first-order valence-corrected chi connectivity index (χ1v) is 7.69. The highest BCUT2D eigenvalue weighted by atomic mass is 79.9. The summed E-state index contributed by atoms with van der Waals surface area (Å²) in [5.41, 5.74) is 9.59. The van der Waals surface area contributed by atoms with Crippen LogP contribution in [0.25, 0.3) is 0 Å². The van der Waals surface area contributed by atoms with Crippen molar-refractivity contribution in [3.05, 3.63) is 62.6 Å². The molecular weight excluding hydrogens is 338 g/mol. The second-order valence-electron chi connectivity index (χ2n) is 5.14. The Bertz CT molecular complexity index is 659. The third kappa shape index (κ3) is 2.58. The lowest BCUT2D eigenvalue weighted by molar-refractivity contribution is 0.161. The van der Waals surface area contributed by atoms with Gasteiger partial charge in [-0.1, -0.05) is 39.7 Å². The van der Waals surface area contributed by atoms with Gasteiger partial charge in [-0.05, 0) is 42.3 Å². The molecule has 4 heteroatoms. The number of hydrogen-bond acceptors (Lipinski definition) is 2. The summed E-state index contributed by atoms with van der Waals surface area (Å²) in [5.74, 6) is 0.829. The second kappa shape index (κ2) is 5.40. The third-order valence-corrected chi connectivity index (χ3v) is 4.77. The molecule has 2 nitrogen and oxygen atoms in total. The monoisotopic (exact) mass is 351 g/mol. The van der Waals surface area contributed by atoms with Crippen LogP contribution in [-0.2, 0) is 0 Å². The number of ether oxygens (including phenoxy) is 1. The lowest BCUT2D eigenvalue weighted by atomic mass is 9.93. The van der Waals surface area contributed by atoms with Gasteiger partial charge < -0.3 is 10.5 Å². The van der Waals surface area contributed by atoms with Crippen molar-refractivity contribution >= 4 is 27.5 Å². The molecule has 0 spiro atoms. The molecule has 0 fully saturated rings. The molecule has 0 amide bonds. The Hall–Kier alpha value is -1.03. The smallest absolute Gasteiger partial charge is 0.126 e. The van der Waals surface area contributed by atoms with Crippen molar-refractivity contribution in [2.75, 3.05) is 0 Å². The fourth-order valence-electron chi connectivity index (χ4n) is 2.49. The average Bonchev–Trinajstić information content (AvgIpc) is 2.42. The number of halogens is 2. The Balaban J connectivity index is 1.94. The lowest BCUT2D eigenvalue weighted by Crippen LogP contribution is -2.24. The van der Waals surface area contributed by atoms with E-state index >= 15 is 0 Å². The average molecular weight is 353 g/mol. The molecule has 0 bridgehead atoms. The van der Waals surface area contributed by atoms with Gasteiger partial charge in [0.25, 0.3) is 0 Å². The summed E-state index contributed by atoms with van der Waals surface area (Å²) in [4.78, 5) is 0. The molecule has 2 atom stereocenters. The van der Waals surface area contributed by atoms with E-state index in [1.807, 2.05) is 18.2 Å². The minimum absolute atomic E-state index is 0.0180. The van der Waals surface area contributed by atoms with Crippen LogP contribution in [0.3, 0.4) is 0 Å². The minimum Gasteiger partial charge on any atom is -0.485 e. The summed E-state index contributed by atoms with van der Waals surface area (Å²) in [6.45, 7) is 2.07. The summed E-state index contributed by atoms with van der Waals surface area (Å²) in [7, 11) is 0. The summed E-state index contributed by atoms with van der Waals surface area (Å²) in [6.07, 6.45) is 0.735. The summed E-state index contributed by atoms with van der Waals surface area (Å²) >= 11 is 9.58. The van der Waals surface area contributed by atoms with Crippen LogP contribution in [0.5, 0.6) is 5.75 Å². The first kappa shape index (κ1) is 13.9. The predicted molar refractivity (Wildman–Crippen MR) is 85.2 cm³/mol. The zero-order chi connectivity index (χ0) is 14.3. The van der Waals surface area contributed by atoms with Crippen LogP contribution >= 0.6 is 27.5 Å². The van der Waals surface area contributed by atoms with Crippen molar-refractivity contribution in [2.24, 2.45) is 5.73 Å². The van der Waals surface area contributed by atoms with Crippen molar-refractivity contribution in [3.63, 3.8) is 0 Å². The summed E-state index contributed by atoms with van der Waals surface area (Å²) < 4.78 is 7.17. The van der Waals surface area contributed by atoms with Crippen LogP contribution < -0.4 is 10.5 Å². The molecule has 0 aromatic heterocycles. The molecule has 20 heavy (non-hydrogen) atoms. The van der Waals surface area contributed by atoms with Gasteiger partial charge in [0.15, 0.2) is 0 Å². The highest BCUT2D eigenvalue weighted by molar-refractivity contribution is 9.10. The van der Waals surface area contributed by atoms with Crippen molar-refractivity contribution in [3.8, 4) is 5.75 Å². The van der Waals surface area contributed by atoms with Crippen molar-refractivity contribution in [1.29, 1.82) is 0 Å². The van der Waals surface area contributed by atoms with Gasteiger partial charge in [0, 0.05) is 27.5 Å². The normalized spacial score (nSPS) is 21.2. The van der Waals surface area contributed by atoms with E-state index in [1.165, 1.54) is 5.56 Å². The Morgan fingerprint density at radius 1 is 1.25 bits per heavy atom. The van der Waals surface area contributed by atoms with Crippen LogP contribution in [0.1, 0.15) is 35.3 Å². The number of rotatable bonds is 1. The van der Waals surface area contributed by atoms with Crippen molar-refractivity contribution in [2.45, 2.75) is 25.5 Å². The van der Waals surface area contributed by atoms with Gasteiger partial charge in [-0.25, -0.2) is 0 Å². The summed E-state index contributed by atoms with van der Waals surface area (Å²) in [5, 5.41) is 0.694. The van der Waals surface area contributed by atoms with Gasteiger partial charge >= 0.3 is 0 Å². The zero-order valence-electron chi connectivity index (χ0n) is 11.1. The van der Waals surface area contributed by atoms with E-state index in [9.17, 15) is 0 Å². The van der Waals surface area contributed by atoms with E-state index in [1.54, 1.807) is 0 Å².